The Balaban J connectivity index is 4.63. The topological polar surface area (TPSA) is 0 Å². The normalized spacial score (nSPS) is 20.3. The Hall–Kier alpha value is 0.870. The molecular formula is C2F8P2S2. The second kappa shape index (κ2) is 4.39. The van der Waals surface area contributed by atoms with Gasteiger partial charge in [0.15, 0.2) is 0 Å². The van der Waals surface area contributed by atoms with Gasteiger partial charge in [-0.25, -0.2) is 4.20 Å². The van der Waals surface area contributed by atoms with E-state index in [2.05, 4.69) is 11.8 Å². The van der Waals surface area contributed by atoms with E-state index in [0.717, 1.165) is 0 Å². The van der Waals surface area contributed by atoms with Crippen LogP contribution >= 0.6 is 24.0 Å². The molecule has 0 saturated carbocycles. The minimum atomic E-state index is -5.85. The summed E-state index contributed by atoms with van der Waals surface area (Å²) in [5, 5.41) is 0. The molecule has 0 aromatic carbocycles. The summed E-state index contributed by atoms with van der Waals surface area (Å²) in [6, 6.07) is 0. The maximum atomic E-state index is 12.4. The van der Waals surface area contributed by atoms with Gasteiger partial charge < -0.3 is 0 Å². The van der Waals surface area contributed by atoms with Crippen LogP contribution in [0, 0.1) is 0 Å². The maximum Gasteiger partial charge on any atom is 0.453 e. The molecule has 0 aromatic rings. The lowest BCUT2D eigenvalue weighted by Gasteiger charge is -2.17. The molecular weight excluding hydrogens is 302 g/mol. The third-order valence-electron chi connectivity index (χ3n) is 0.679. The Morgan fingerprint density at radius 1 is 1.07 bits per heavy atom. The summed E-state index contributed by atoms with van der Waals surface area (Å²) < 4.78 is 93.6. The standard InChI is InChI=1S/C2F8P2S2/c3-1(4,5)11(9)14-12(10,13)2(6,7)8. The van der Waals surface area contributed by atoms with Crippen molar-refractivity contribution in [1.29, 1.82) is 0 Å². The monoisotopic (exact) mass is 302 g/mol. The molecule has 12 heteroatoms. The third-order valence-corrected chi connectivity index (χ3v) is 9.94. The molecule has 86 valence electrons. The van der Waals surface area contributed by atoms with Crippen molar-refractivity contribution < 1.29 is 34.7 Å². The molecule has 0 radical (unpaired) electrons. The van der Waals surface area contributed by atoms with Crippen LogP contribution in [0.3, 0.4) is 0 Å². The molecule has 0 aliphatic heterocycles. The molecule has 0 heterocycles. The molecule has 0 aliphatic carbocycles. The summed E-state index contributed by atoms with van der Waals surface area (Å²) in [7, 11) is -4.61. The molecule has 0 saturated heterocycles. The summed E-state index contributed by atoms with van der Waals surface area (Å²) in [4.78, 5) is 0. The quantitative estimate of drug-likeness (QED) is 0.500. The molecule has 0 N–H and O–H groups in total. The van der Waals surface area contributed by atoms with Crippen molar-refractivity contribution in [2.45, 2.75) is 11.8 Å². The van der Waals surface area contributed by atoms with Crippen LogP contribution in [-0.4, -0.2) is 11.8 Å². The van der Waals surface area contributed by atoms with Crippen molar-refractivity contribution in [2.75, 3.05) is 0 Å². The summed E-state index contributed by atoms with van der Waals surface area (Å²) >= 11 is 1.81. The highest BCUT2D eigenvalue weighted by molar-refractivity contribution is 8.91. The van der Waals surface area contributed by atoms with Crippen molar-refractivity contribution in [3.05, 3.63) is 0 Å². The SMILES string of the molecule is FP(SP(F)(=S)C(F)(F)F)C(F)(F)F. The lowest BCUT2D eigenvalue weighted by atomic mass is 11.6. The largest absolute Gasteiger partial charge is 0.453 e. The average molecular weight is 302 g/mol. The zero-order valence-electron chi connectivity index (χ0n) is 5.73. The Bertz CT molecular complexity index is 243. The highest BCUT2D eigenvalue weighted by Gasteiger charge is 2.55. The molecule has 0 aromatic heterocycles. The molecule has 2 atom stereocenters. The minimum Gasteiger partial charge on any atom is -0.204 e. The van der Waals surface area contributed by atoms with Crippen LogP contribution in [0.5, 0.6) is 0 Å². The molecule has 2 unspecified atom stereocenters. The van der Waals surface area contributed by atoms with Gasteiger partial charge in [0.2, 0.25) is 0 Å². The number of rotatable bonds is 2. The maximum absolute atomic E-state index is 12.4. The van der Waals surface area contributed by atoms with Gasteiger partial charge in [-0.1, -0.05) is 0 Å². The Morgan fingerprint density at radius 3 is 1.64 bits per heavy atom. The van der Waals surface area contributed by atoms with E-state index in [-0.39, 0.29) is 0 Å². The van der Waals surface area contributed by atoms with Crippen molar-refractivity contribution >= 4 is 35.8 Å². The van der Waals surface area contributed by atoms with Crippen LogP contribution in [0.4, 0.5) is 34.7 Å². The van der Waals surface area contributed by atoms with Gasteiger partial charge in [-0.15, -0.1) is 0 Å². The molecule has 0 spiro atoms. The van der Waals surface area contributed by atoms with E-state index in [1.54, 1.807) is 0 Å². The summed E-state index contributed by atoms with van der Waals surface area (Å²) in [5.74, 6) is -11.1. The molecule has 0 bridgehead atoms. The highest BCUT2D eigenvalue weighted by Crippen LogP contribution is 2.85. The summed E-state index contributed by atoms with van der Waals surface area (Å²) in [6.07, 6.45) is 0. The number of alkyl halides is 6. The van der Waals surface area contributed by atoms with Crippen LogP contribution in [0.2, 0.25) is 0 Å². The van der Waals surface area contributed by atoms with Crippen LogP contribution in [0.1, 0.15) is 0 Å². The van der Waals surface area contributed by atoms with Crippen LogP contribution in [-0.2, 0) is 11.8 Å². The summed E-state index contributed by atoms with van der Waals surface area (Å²) in [6.45, 7) is 0. The van der Waals surface area contributed by atoms with Gasteiger partial charge >= 0.3 is 11.8 Å². The zero-order chi connectivity index (χ0) is 11.8. The summed E-state index contributed by atoms with van der Waals surface area (Å²) in [5.41, 5.74) is -5.85. The minimum absolute atomic E-state index is 1.48. The molecule has 0 nitrogen and oxygen atoms in total. The van der Waals surface area contributed by atoms with E-state index in [4.69, 9.17) is 0 Å². The predicted molar refractivity (Wildman–Crippen MR) is 43.1 cm³/mol. The van der Waals surface area contributed by atoms with Gasteiger partial charge in [0, 0.05) is 0 Å². The predicted octanol–water partition coefficient (Wildman–Crippen LogP) is 5.32. The molecule has 14 heavy (non-hydrogen) atoms. The first-order valence-corrected chi connectivity index (χ1v) is 8.42. The van der Waals surface area contributed by atoms with E-state index in [1.807, 2.05) is 0 Å². The molecule has 0 fully saturated rings. The average Bonchev–Trinajstić information content (AvgIpc) is 1.80. The first kappa shape index (κ1) is 14.9. The second-order valence-electron chi connectivity index (χ2n) is 1.74. The second-order valence-corrected chi connectivity index (χ2v) is 11.0. The van der Waals surface area contributed by atoms with E-state index < -0.39 is 35.8 Å². The molecule has 0 amide bonds. The first-order chi connectivity index (χ1) is 5.88. The van der Waals surface area contributed by atoms with Gasteiger partial charge in [-0.05, 0) is 22.8 Å². The van der Waals surface area contributed by atoms with Gasteiger partial charge in [0.05, 0.1) is 0 Å². The van der Waals surface area contributed by atoms with E-state index in [9.17, 15) is 34.7 Å². The fourth-order valence-corrected chi connectivity index (χ4v) is 6.57. The first-order valence-electron chi connectivity index (χ1n) is 2.47. The Morgan fingerprint density at radius 2 is 1.43 bits per heavy atom. The highest BCUT2D eigenvalue weighted by atomic mass is 33.2. The van der Waals surface area contributed by atoms with E-state index in [0.29, 0.717) is 0 Å². The van der Waals surface area contributed by atoms with Crippen molar-refractivity contribution in [3.8, 4) is 0 Å². The zero-order valence-corrected chi connectivity index (χ0v) is 9.16. The van der Waals surface area contributed by atoms with Crippen LogP contribution < -0.4 is 0 Å². The van der Waals surface area contributed by atoms with Gasteiger partial charge in [0.1, 0.15) is 0 Å². The number of halogens is 8. The number of hydrogen-bond acceptors (Lipinski definition) is 2. The van der Waals surface area contributed by atoms with E-state index in [1.165, 1.54) is 0 Å². The van der Waals surface area contributed by atoms with Crippen molar-refractivity contribution in [1.82, 2.24) is 0 Å². The lowest BCUT2D eigenvalue weighted by molar-refractivity contribution is -0.0424. The Labute approximate surface area is 82.9 Å². The third kappa shape index (κ3) is 4.16. The lowest BCUT2D eigenvalue weighted by Crippen LogP contribution is -2.04. The van der Waals surface area contributed by atoms with Crippen LogP contribution in [0.25, 0.3) is 0 Å². The van der Waals surface area contributed by atoms with Crippen LogP contribution in [0.15, 0.2) is 0 Å². The fraction of sp³-hybridized carbons (Fsp3) is 1.00. The van der Waals surface area contributed by atoms with Gasteiger partial charge in [0.25, 0.3) is 13.0 Å². The van der Waals surface area contributed by atoms with Crippen molar-refractivity contribution in [2.24, 2.45) is 0 Å². The fourth-order valence-electron chi connectivity index (χ4n) is 0.185. The smallest absolute Gasteiger partial charge is 0.204 e. The van der Waals surface area contributed by atoms with E-state index >= 15 is 0 Å². The number of hydrogen-bond donors (Lipinski definition) is 0. The van der Waals surface area contributed by atoms with Crippen molar-refractivity contribution in [3.63, 3.8) is 0 Å². The van der Waals surface area contributed by atoms with Gasteiger partial charge in [-0.3, -0.25) is 0 Å². The van der Waals surface area contributed by atoms with Gasteiger partial charge in [-0.2, -0.15) is 30.5 Å². The molecule has 0 aliphatic rings. The Kier molecular flexibility index (Phi) is 4.67. The molecule has 0 rings (SSSR count).